The van der Waals surface area contributed by atoms with Gasteiger partial charge in [0.05, 0.1) is 6.61 Å². The first-order valence-corrected chi connectivity index (χ1v) is 4.89. The zero-order valence-corrected chi connectivity index (χ0v) is 9.24. The molecule has 1 heterocycles. The fraction of sp³-hybridized carbons (Fsp3) is 0.600. The fourth-order valence-electron chi connectivity index (χ4n) is 1.42. The van der Waals surface area contributed by atoms with Gasteiger partial charge in [-0.2, -0.15) is 0 Å². The normalized spacial score (nSPS) is 22.7. The van der Waals surface area contributed by atoms with Gasteiger partial charge in [-0.1, -0.05) is 0 Å². The van der Waals surface area contributed by atoms with Gasteiger partial charge in [-0.25, -0.2) is 4.79 Å². The molecule has 1 aliphatic rings. The summed E-state index contributed by atoms with van der Waals surface area (Å²) in [6, 6.07) is -0.524. The van der Waals surface area contributed by atoms with Crippen LogP contribution in [-0.4, -0.2) is 43.5 Å². The predicted molar refractivity (Wildman–Crippen MR) is 55.0 cm³/mol. The van der Waals surface area contributed by atoms with Crippen molar-refractivity contribution in [3.8, 4) is 0 Å². The van der Waals surface area contributed by atoms with Crippen LogP contribution in [0.25, 0.3) is 0 Å². The summed E-state index contributed by atoms with van der Waals surface area (Å²) in [6.45, 7) is 2.07. The van der Waals surface area contributed by atoms with Crippen molar-refractivity contribution in [2.75, 3.05) is 20.7 Å². The van der Waals surface area contributed by atoms with Gasteiger partial charge in [-0.15, -0.1) is 0 Å². The van der Waals surface area contributed by atoms with E-state index >= 15 is 0 Å². The Hall–Kier alpha value is -1.52. The van der Waals surface area contributed by atoms with E-state index in [0.717, 1.165) is 0 Å². The van der Waals surface area contributed by atoms with Crippen LogP contribution in [0, 0.1) is 0 Å². The van der Waals surface area contributed by atoms with E-state index in [9.17, 15) is 9.59 Å². The first-order valence-electron chi connectivity index (χ1n) is 4.89. The van der Waals surface area contributed by atoms with Crippen LogP contribution >= 0.6 is 0 Å². The molecule has 15 heavy (non-hydrogen) atoms. The molecule has 5 heteroatoms. The van der Waals surface area contributed by atoms with Gasteiger partial charge in [0.25, 0.3) is 0 Å². The molecule has 0 aromatic heterocycles. The highest BCUT2D eigenvalue weighted by Crippen LogP contribution is 2.15. The maximum atomic E-state index is 11.4. The van der Waals surface area contributed by atoms with Crippen molar-refractivity contribution < 1.29 is 14.3 Å². The van der Waals surface area contributed by atoms with E-state index in [4.69, 9.17) is 4.74 Å². The summed E-state index contributed by atoms with van der Waals surface area (Å²) >= 11 is 0. The third kappa shape index (κ3) is 2.97. The number of nitrogens with zero attached hydrogens (tertiary/aromatic N) is 1. The van der Waals surface area contributed by atoms with Crippen LogP contribution in [0.2, 0.25) is 0 Å². The molecule has 1 saturated heterocycles. The smallest absolute Gasteiger partial charge is 0.328 e. The Bertz CT molecular complexity index is 297. The van der Waals surface area contributed by atoms with Crippen LogP contribution in [0.15, 0.2) is 11.8 Å². The minimum atomic E-state index is -0.524. The number of carbonyl (C=O) groups excluding carboxylic acids is 2. The Morgan fingerprint density at radius 3 is 2.87 bits per heavy atom. The Morgan fingerprint density at radius 1 is 1.67 bits per heavy atom. The fourth-order valence-corrected chi connectivity index (χ4v) is 1.42. The van der Waals surface area contributed by atoms with Crippen LogP contribution in [0.5, 0.6) is 0 Å². The van der Waals surface area contributed by atoms with Crippen molar-refractivity contribution in [2.24, 2.45) is 0 Å². The highest BCUT2D eigenvalue weighted by molar-refractivity contribution is 6.00. The molecular formula is C10H16N2O3. The quantitative estimate of drug-likeness (QED) is 0.523. The molecule has 0 bridgehead atoms. The number of rotatable bonds is 3. The van der Waals surface area contributed by atoms with Gasteiger partial charge in [0.15, 0.2) is 0 Å². The maximum absolute atomic E-state index is 11.4. The van der Waals surface area contributed by atoms with Crippen LogP contribution < -0.4 is 5.32 Å². The molecule has 1 aliphatic heterocycles. The highest BCUT2D eigenvalue weighted by atomic mass is 16.5. The molecule has 1 N–H and O–H groups in total. The summed E-state index contributed by atoms with van der Waals surface area (Å²) in [7, 11) is 3.66. The molecule has 0 aromatic carbocycles. The molecule has 0 spiro atoms. The van der Waals surface area contributed by atoms with Crippen molar-refractivity contribution in [1.82, 2.24) is 10.2 Å². The lowest BCUT2D eigenvalue weighted by Gasteiger charge is -2.07. The van der Waals surface area contributed by atoms with E-state index in [1.54, 1.807) is 18.0 Å². The van der Waals surface area contributed by atoms with Gasteiger partial charge in [0, 0.05) is 32.3 Å². The van der Waals surface area contributed by atoms with Crippen molar-refractivity contribution in [3.05, 3.63) is 11.8 Å². The lowest BCUT2D eigenvalue weighted by Crippen LogP contribution is -2.34. The Balaban J connectivity index is 2.63. The summed E-state index contributed by atoms with van der Waals surface area (Å²) in [5, 5.41) is 2.59. The van der Waals surface area contributed by atoms with Crippen molar-refractivity contribution in [3.63, 3.8) is 0 Å². The molecule has 0 aliphatic carbocycles. The van der Waals surface area contributed by atoms with Gasteiger partial charge in [-0.05, 0) is 6.92 Å². The van der Waals surface area contributed by atoms with Gasteiger partial charge in [-0.3, -0.25) is 4.79 Å². The maximum Gasteiger partial charge on any atom is 0.328 e. The van der Waals surface area contributed by atoms with Gasteiger partial charge in [0.2, 0.25) is 5.91 Å². The Morgan fingerprint density at radius 2 is 2.33 bits per heavy atom. The molecule has 5 nitrogen and oxygen atoms in total. The molecule has 0 radical (unpaired) electrons. The number of ether oxygens (including phenoxy) is 1. The molecular weight excluding hydrogens is 196 g/mol. The first-order chi connectivity index (χ1) is 7.04. The minimum Gasteiger partial charge on any atom is -0.464 e. The summed E-state index contributed by atoms with van der Waals surface area (Å²) in [5.41, 5.74) is 0.609. The third-order valence-corrected chi connectivity index (χ3v) is 2.01. The second kappa shape index (κ2) is 4.82. The summed E-state index contributed by atoms with van der Waals surface area (Å²) in [4.78, 5) is 24.5. The lowest BCUT2D eigenvalue weighted by molar-refractivity contribution is -0.145. The molecule has 84 valence electrons. The number of carbonyl (C=O) groups is 2. The molecule has 1 rings (SSSR count). The second-order valence-corrected chi connectivity index (χ2v) is 3.60. The number of esters is 1. The zero-order valence-electron chi connectivity index (χ0n) is 9.24. The summed E-state index contributed by atoms with van der Waals surface area (Å²) in [6.07, 6.45) is 2.12. The van der Waals surface area contributed by atoms with Crippen molar-refractivity contribution in [1.29, 1.82) is 0 Å². The van der Waals surface area contributed by atoms with Crippen LogP contribution in [-0.2, 0) is 14.3 Å². The van der Waals surface area contributed by atoms with Crippen LogP contribution in [0.4, 0.5) is 0 Å². The van der Waals surface area contributed by atoms with E-state index in [1.807, 2.05) is 14.1 Å². The Kier molecular flexibility index (Phi) is 3.71. The van der Waals surface area contributed by atoms with Crippen molar-refractivity contribution >= 4 is 11.9 Å². The van der Waals surface area contributed by atoms with E-state index in [0.29, 0.717) is 18.6 Å². The second-order valence-electron chi connectivity index (χ2n) is 3.60. The monoisotopic (exact) mass is 212 g/mol. The van der Waals surface area contributed by atoms with Crippen molar-refractivity contribution in [2.45, 2.75) is 19.4 Å². The standard InChI is InChI=1S/C10H16N2O3/c1-4-15-10(14)8-5-7(6-12(2)3)9(13)11-8/h6,8H,4-5H2,1-3H3,(H,11,13)/b7-6+/t8-/m0/s1. The highest BCUT2D eigenvalue weighted by Gasteiger charge is 2.32. The van der Waals surface area contributed by atoms with Crippen LogP contribution in [0.3, 0.4) is 0 Å². The number of hydrogen-bond donors (Lipinski definition) is 1. The molecule has 1 amide bonds. The van der Waals surface area contributed by atoms with E-state index in [-0.39, 0.29) is 11.9 Å². The van der Waals surface area contributed by atoms with Gasteiger partial charge < -0.3 is 15.0 Å². The molecule has 1 atom stereocenters. The summed E-state index contributed by atoms with van der Waals surface area (Å²) in [5.74, 6) is -0.560. The number of hydrogen-bond acceptors (Lipinski definition) is 4. The van der Waals surface area contributed by atoms with Gasteiger partial charge >= 0.3 is 5.97 Å². The van der Waals surface area contributed by atoms with E-state index < -0.39 is 6.04 Å². The topological polar surface area (TPSA) is 58.6 Å². The first kappa shape index (κ1) is 11.6. The van der Waals surface area contributed by atoms with E-state index in [1.165, 1.54) is 0 Å². The van der Waals surface area contributed by atoms with E-state index in [2.05, 4.69) is 5.32 Å². The molecule has 1 fully saturated rings. The molecule has 0 unspecified atom stereocenters. The Labute approximate surface area is 89.1 Å². The minimum absolute atomic E-state index is 0.193. The average molecular weight is 212 g/mol. The average Bonchev–Trinajstić information content (AvgIpc) is 2.47. The largest absolute Gasteiger partial charge is 0.464 e. The SMILES string of the molecule is CCOC(=O)[C@@H]1C/C(=C\N(C)C)C(=O)N1. The number of nitrogens with one attached hydrogen (secondary N) is 1. The lowest BCUT2D eigenvalue weighted by atomic mass is 10.1. The zero-order chi connectivity index (χ0) is 11.4. The molecule has 0 saturated carbocycles. The summed E-state index contributed by atoms with van der Waals surface area (Å²) < 4.78 is 4.83. The third-order valence-electron chi connectivity index (χ3n) is 2.01. The van der Waals surface area contributed by atoms with Crippen LogP contribution in [0.1, 0.15) is 13.3 Å². The number of amides is 1. The van der Waals surface area contributed by atoms with Gasteiger partial charge in [0.1, 0.15) is 6.04 Å². The predicted octanol–water partition coefficient (Wildman–Crippen LogP) is -0.116. The molecule has 0 aromatic rings.